The highest BCUT2D eigenvalue weighted by Crippen LogP contribution is 2.27. The zero-order chi connectivity index (χ0) is 16.2. The summed E-state index contributed by atoms with van der Waals surface area (Å²) in [5.74, 6) is 2.32. The second-order valence-electron chi connectivity index (χ2n) is 5.60. The first-order valence-electron chi connectivity index (χ1n) is 7.84. The van der Waals surface area contributed by atoms with Gasteiger partial charge in [-0.3, -0.25) is 9.89 Å². The summed E-state index contributed by atoms with van der Waals surface area (Å²) in [7, 11) is 0. The van der Waals surface area contributed by atoms with Gasteiger partial charge in [0.15, 0.2) is 0 Å². The summed E-state index contributed by atoms with van der Waals surface area (Å²) >= 11 is 0. The van der Waals surface area contributed by atoms with Crippen molar-refractivity contribution in [1.82, 2.24) is 25.5 Å². The lowest BCUT2D eigenvalue weighted by Gasteiger charge is -2.31. The predicted molar refractivity (Wildman–Crippen MR) is 87.2 cm³/mol. The molecule has 0 aliphatic carbocycles. The standard InChI is InChI=1S/C15H21N7O/c1-2-17-14(23)11-3-4-12(18-9-11)22-7-5-10(6-8-22)13-19-15(16)21-20-13/h3-4,9-10H,2,5-8H2,1H3,(H,17,23)(H3,16,19,20,21). The fraction of sp³-hybridized carbons (Fsp3) is 0.467. The summed E-state index contributed by atoms with van der Waals surface area (Å²) in [4.78, 5) is 22.6. The first-order valence-corrected chi connectivity index (χ1v) is 7.84. The van der Waals surface area contributed by atoms with E-state index in [9.17, 15) is 4.79 Å². The van der Waals surface area contributed by atoms with E-state index in [1.165, 1.54) is 0 Å². The molecule has 0 spiro atoms. The molecule has 4 N–H and O–H groups in total. The van der Waals surface area contributed by atoms with E-state index in [1.807, 2.05) is 19.1 Å². The molecule has 1 fully saturated rings. The largest absolute Gasteiger partial charge is 0.367 e. The van der Waals surface area contributed by atoms with Gasteiger partial charge in [0.2, 0.25) is 5.95 Å². The zero-order valence-corrected chi connectivity index (χ0v) is 13.1. The number of nitrogens with one attached hydrogen (secondary N) is 2. The molecule has 122 valence electrons. The predicted octanol–water partition coefficient (Wildman–Crippen LogP) is 0.916. The van der Waals surface area contributed by atoms with E-state index < -0.39 is 0 Å². The molecule has 2 aromatic rings. The Balaban J connectivity index is 1.60. The third kappa shape index (κ3) is 3.41. The topological polar surface area (TPSA) is 113 Å². The van der Waals surface area contributed by atoms with Gasteiger partial charge in [0.05, 0.1) is 5.56 Å². The molecule has 0 unspecified atom stereocenters. The van der Waals surface area contributed by atoms with E-state index in [4.69, 9.17) is 5.73 Å². The quantitative estimate of drug-likeness (QED) is 0.773. The van der Waals surface area contributed by atoms with Crippen molar-refractivity contribution in [3.05, 3.63) is 29.7 Å². The van der Waals surface area contributed by atoms with Gasteiger partial charge in [-0.05, 0) is 31.9 Å². The van der Waals surface area contributed by atoms with Crippen molar-refractivity contribution < 1.29 is 4.79 Å². The van der Waals surface area contributed by atoms with Crippen LogP contribution in [0.4, 0.5) is 11.8 Å². The Labute approximate surface area is 134 Å². The maximum atomic E-state index is 11.7. The third-order valence-electron chi connectivity index (χ3n) is 4.07. The van der Waals surface area contributed by atoms with Crippen LogP contribution in [-0.4, -0.2) is 45.7 Å². The van der Waals surface area contributed by atoms with E-state index in [-0.39, 0.29) is 5.91 Å². The summed E-state index contributed by atoms with van der Waals surface area (Å²) in [5.41, 5.74) is 6.14. The first-order chi connectivity index (χ1) is 11.2. The molecule has 1 saturated heterocycles. The highest BCUT2D eigenvalue weighted by Gasteiger charge is 2.24. The van der Waals surface area contributed by atoms with Gasteiger partial charge >= 0.3 is 0 Å². The minimum atomic E-state index is -0.0897. The molecule has 1 amide bonds. The average Bonchev–Trinajstić information content (AvgIpc) is 3.02. The van der Waals surface area contributed by atoms with Gasteiger partial charge in [0.25, 0.3) is 5.91 Å². The number of anilines is 2. The van der Waals surface area contributed by atoms with E-state index in [0.29, 0.717) is 24.0 Å². The third-order valence-corrected chi connectivity index (χ3v) is 4.07. The Morgan fingerprint density at radius 3 is 2.78 bits per heavy atom. The molecule has 8 heteroatoms. The summed E-state index contributed by atoms with van der Waals surface area (Å²) in [6.07, 6.45) is 3.56. The molecule has 1 aliphatic heterocycles. The summed E-state index contributed by atoms with van der Waals surface area (Å²) < 4.78 is 0. The van der Waals surface area contributed by atoms with E-state index in [2.05, 4.69) is 30.4 Å². The van der Waals surface area contributed by atoms with Gasteiger partial charge in [-0.25, -0.2) is 4.98 Å². The second kappa shape index (κ2) is 6.64. The number of piperidine rings is 1. The van der Waals surface area contributed by atoms with Gasteiger partial charge in [-0.2, -0.15) is 4.98 Å². The molecule has 0 radical (unpaired) electrons. The molecule has 23 heavy (non-hydrogen) atoms. The van der Waals surface area contributed by atoms with Crippen LogP contribution in [0.5, 0.6) is 0 Å². The van der Waals surface area contributed by atoms with Crippen LogP contribution in [0.2, 0.25) is 0 Å². The van der Waals surface area contributed by atoms with Crippen LogP contribution in [0.1, 0.15) is 41.9 Å². The second-order valence-corrected chi connectivity index (χ2v) is 5.60. The van der Waals surface area contributed by atoms with E-state index in [1.54, 1.807) is 6.20 Å². The number of hydrogen-bond donors (Lipinski definition) is 3. The Bertz CT molecular complexity index is 659. The van der Waals surface area contributed by atoms with Crippen molar-refractivity contribution in [3.63, 3.8) is 0 Å². The highest BCUT2D eigenvalue weighted by molar-refractivity contribution is 5.93. The number of nitrogens with two attached hydrogens (primary N) is 1. The number of pyridine rings is 1. The molecular weight excluding hydrogens is 294 g/mol. The minimum Gasteiger partial charge on any atom is -0.367 e. The summed E-state index contributed by atoms with van der Waals surface area (Å²) in [5, 5.41) is 9.55. The van der Waals surface area contributed by atoms with Crippen molar-refractivity contribution in [3.8, 4) is 0 Å². The van der Waals surface area contributed by atoms with Crippen LogP contribution in [0.3, 0.4) is 0 Å². The molecule has 3 rings (SSSR count). The molecule has 0 saturated carbocycles. The van der Waals surface area contributed by atoms with Crippen LogP contribution in [0, 0.1) is 0 Å². The lowest BCUT2D eigenvalue weighted by atomic mass is 9.96. The molecular formula is C15H21N7O. The van der Waals surface area contributed by atoms with Crippen molar-refractivity contribution >= 4 is 17.7 Å². The van der Waals surface area contributed by atoms with Gasteiger partial charge in [0, 0.05) is 31.7 Å². The maximum absolute atomic E-state index is 11.7. The van der Waals surface area contributed by atoms with Crippen molar-refractivity contribution in [2.75, 3.05) is 30.3 Å². The normalized spacial score (nSPS) is 15.6. The number of hydrogen-bond acceptors (Lipinski definition) is 6. The zero-order valence-electron chi connectivity index (χ0n) is 13.1. The molecule has 3 heterocycles. The van der Waals surface area contributed by atoms with Gasteiger partial charge in [-0.1, -0.05) is 0 Å². The van der Waals surface area contributed by atoms with Crippen molar-refractivity contribution in [1.29, 1.82) is 0 Å². The maximum Gasteiger partial charge on any atom is 0.252 e. The molecule has 8 nitrogen and oxygen atoms in total. The van der Waals surface area contributed by atoms with Gasteiger partial charge in [-0.15, -0.1) is 5.10 Å². The number of H-pyrrole nitrogens is 1. The number of aromatic amines is 1. The van der Waals surface area contributed by atoms with Crippen LogP contribution in [-0.2, 0) is 0 Å². The number of nitrogens with zero attached hydrogens (tertiary/aromatic N) is 4. The van der Waals surface area contributed by atoms with E-state index >= 15 is 0 Å². The number of rotatable bonds is 4. The average molecular weight is 315 g/mol. The number of carbonyl (C=O) groups is 1. The number of aromatic nitrogens is 4. The van der Waals surface area contributed by atoms with Crippen LogP contribution >= 0.6 is 0 Å². The van der Waals surface area contributed by atoms with Crippen LogP contribution < -0.4 is 16.0 Å². The number of carbonyl (C=O) groups excluding carboxylic acids is 1. The molecule has 2 aromatic heterocycles. The highest BCUT2D eigenvalue weighted by atomic mass is 16.1. The Morgan fingerprint density at radius 1 is 1.43 bits per heavy atom. The van der Waals surface area contributed by atoms with E-state index in [0.717, 1.165) is 37.6 Å². The van der Waals surface area contributed by atoms with Gasteiger partial charge < -0.3 is 16.0 Å². The fourth-order valence-corrected chi connectivity index (χ4v) is 2.82. The number of amides is 1. The van der Waals surface area contributed by atoms with Crippen molar-refractivity contribution in [2.24, 2.45) is 0 Å². The number of nitrogen functional groups attached to an aromatic ring is 1. The Morgan fingerprint density at radius 2 is 2.22 bits per heavy atom. The monoisotopic (exact) mass is 315 g/mol. The Kier molecular flexibility index (Phi) is 4.40. The van der Waals surface area contributed by atoms with Crippen molar-refractivity contribution in [2.45, 2.75) is 25.7 Å². The molecule has 0 bridgehead atoms. The minimum absolute atomic E-state index is 0.0897. The fourth-order valence-electron chi connectivity index (χ4n) is 2.82. The van der Waals surface area contributed by atoms with Gasteiger partial charge in [0.1, 0.15) is 11.6 Å². The first kappa shape index (κ1) is 15.3. The smallest absolute Gasteiger partial charge is 0.252 e. The van der Waals surface area contributed by atoms with Crippen LogP contribution in [0.15, 0.2) is 18.3 Å². The molecule has 1 aliphatic rings. The molecule has 0 aromatic carbocycles. The van der Waals surface area contributed by atoms with Crippen LogP contribution in [0.25, 0.3) is 0 Å². The summed E-state index contributed by atoms with van der Waals surface area (Å²) in [6.45, 7) is 4.28. The lowest BCUT2D eigenvalue weighted by Crippen LogP contribution is -2.34. The Hall–Kier alpha value is -2.64. The SMILES string of the molecule is CCNC(=O)c1ccc(N2CCC(c3nc(N)n[nH]3)CC2)nc1. The summed E-state index contributed by atoms with van der Waals surface area (Å²) in [6, 6.07) is 3.72. The lowest BCUT2D eigenvalue weighted by molar-refractivity contribution is 0.0955. The molecule has 0 atom stereocenters.